The molecule has 0 unspecified atom stereocenters. The van der Waals surface area contributed by atoms with Crippen molar-refractivity contribution in [2.24, 2.45) is 0 Å². The quantitative estimate of drug-likeness (QED) is 0.677. The molecule has 1 fully saturated rings. The van der Waals surface area contributed by atoms with Crippen LogP contribution >= 0.6 is 23.2 Å². The van der Waals surface area contributed by atoms with E-state index in [2.05, 4.69) is 10.00 Å². The highest BCUT2D eigenvalue weighted by Crippen LogP contribution is 2.35. The molecule has 2 aromatic rings. The van der Waals surface area contributed by atoms with Crippen LogP contribution in [0.25, 0.3) is 0 Å². The van der Waals surface area contributed by atoms with Crippen LogP contribution in [-0.2, 0) is 17.5 Å². The Morgan fingerprint density at radius 2 is 1.93 bits per heavy atom. The summed E-state index contributed by atoms with van der Waals surface area (Å²) in [7, 11) is 1.54. The highest BCUT2D eigenvalue weighted by molar-refractivity contribution is 6.32. The smallest absolute Gasteiger partial charge is 0.436 e. The van der Waals surface area contributed by atoms with Crippen molar-refractivity contribution in [2.45, 2.75) is 26.1 Å². The van der Waals surface area contributed by atoms with Crippen LogP contribution in [0.3, 0.4) is 0 Å². The number of nitrogens with zero attached hydrogens (tertiary/aromatic N) is 4. The van der Waals surface area contributed by atoms with E-state index in [-0.39, 0.29) is 18.1 Å². The van der Waals surface area contributed by atoms with Gasteiger partial charge in [-0.3, -0.25) is 9.48 Å². The zero-order valence-corrected chi connectivity index (χ0v) is 18.0. The van der Waals surface area contributed by atoms with Gasteiger partial charge in [0.25, 0.3) is 0 Å². The van der Waals surface area contributed by atoms with Crippen LogP contribution in [0, 0.1) is 6.92 Å². The van der Waals surface area contributed by atoms with Crippen molar-refractivity contribution in [3.8, 4) is 5.75 Å². The summed E-state index contributed by atoms with van der Waals surface area (Å²) >= 11 is 11.8. The van der Waals surface area contributed by atoms with Gasteiger partial charge < -0.3 is 14.5 Å². The second kappa shape index (κ2) is 8.93. The molecule has 0 saturated carbocycles. The molecular weight excluding hydrogens is 444 g/mol. The molecule has 11 heteroatoms. The number of hydrogen-bond acceptors (Lipinski definition) is 4. The van der Waals surface area contributed by atoms with E-state index < -0.39 is 16.9 Å². The SMILES string of the molecule is COc1cc(N2CCCN(C(=O)Cn3nc(C(F)(F)F)c(Cl)c3C)CC2)ccc1Cl. The lowest BCUT2D eigenvalue weighted by Crippen LogP contribution is -2.37. The minimum Gasteiger partial charge on any atom is -0.495 e. The molecule has 1 amide bonds. The van der Waals surface area contributed by atoms with Gasteiger partial charge in [-0.1, -0.05) is 23.2 Å². The molecule has 0 aliphatic carbocycles. The van der Waals surface area contributed by atoms with Crippen LogP contribution in [0.1, 0.15) is 17.8 Å². The molecule has 1 saturated heterocycles. The van der Waals surface area contributed by atoms with Crippen LogP contribution in [-0.4, -0.2) is 53.9 Å². The van der Waals surface area contributed by atoms with Crippen molar-refractivity contribution in [1.82, 2.24) is 14.7 Å². The average molecular weight is 465 g/mol. The first kappa shape index (κ1) is 22.6. The number of amides is 1. The number of halogens is 5. The molecule has 164 valence electrons. The lowest BCUT2D eigenvalue weighted by Gasteiger charge is -2.24. The van der Waals surface area contributed by atoms with E-state index in [0.29, 0.717) is 36.8 Å². The number of ether oxygens (including phenoxy) is 1. The molecular formula is C19H21Cl2F3N4O2. The number of hydrogen-bond donors (Lipinski definition) is 0. The summed E-state index contributed by atoms with van der Waals surface area (Å²) in [4.78, 5) is 16.5. The maximum atomic E-state index is 13.0. The Hall–Kier alpha value is -2.13. The first-order chi connectivity index (χ1) is 14.1. The summed E-state index contributed by atoms with van der Waals surface area (Å²) in [5.41, 5.74) is -0.134. The zero-order valence-electron chi connectivity index (χ0n) is 16.5. The second-order valence-electron chi connectivity index (χ2n) is 6.94. The number of anilines is 1. The minimum absolute atomic E-state index is 0.113. The van der Waals surface area contributed by atoms with Gasteiger partial charge in [-0.15, -0.1) is 0 Å². The van der Waals surface area contributed by atoms with Crippen LogP contribution in [0.2, 0.25) is 10.0 Å². The van der Waals surface area contributed by atoms with Gasteiger partial charge in [0.2, 0.25) is 5.91 Å². The Balaban J connectivity index is 1.68. The van der Waals surface area contributed by atoms with Crippen molar-refractivity contribution < 1.29 is 22.7 Å². The molecule has 2 heterocycles. The fourth-order valence-corrected chi connectivity index (χ4v) is 3.79. The van der Waals surface area contributed by atoms with Gasteiger partial charge in [0.05, 0.1) is 22.8 Å². The van der Waals surface area contributed by atoms with E-state index in [4.69, 9.17) is 27.9 Å². The van der Waals surface area contributed by atoms with Gasteiger partial charge in [-0.05, 0) is 25.5 Å². The van der Waals surface area contributed by atoms with Gasteiger partial charge in [-0.2, -0.15) is 18.3 Å². The van der Waals surface area contributed by atoms with E-state index in [0.717, 1.165) is 16.9 Å². The Morgan fingerprint density at radius 3 is 2.57 bits per heavy atom. The summed E-state index contributed by atoms with van der Waals surface area (Å²) in [6, 6.07) is 5.48. The zero-order chi connectivity index (χ0) is 22.1. The highest BCUT2D eigenvalue weighted by atomic mass is 35.5. The van der Waals surface area contributed by atoms with Crippen molar-refractivity contribution >= 4 is 34.8 Å². The van der Waals surface area contributed by atoms with Crippen molar-refractivity contribution in [3.63, 3.8) is 0 Å². The number of carbonyl (C=O) groups is 1. The second-order valence-corrected chi connectivity index (χ2v) is 7.73. The number of aromatic nitrogens is 2. The van der Waals surface area contributed by atoms with Crippen LogP contribution < -0.4 is 9.64 Å². The summed E-state index contributed by atoms with van der Waals surface area (Å²) in [6.07, 6.45) is -3.96. The molecule has 6 nitrogen and oxygen atoms in total. The first-order valence-corrected chi connectivity index (χ1v) is 10.0. The standard InChI is InChI=1S/C19H21Cl2F3N4O2/c1-12-17(21)18(19(22,23)24)25-28(12)11-16(29)27-7-3-6-26(8-9-27)13-4-5-14(20)15(10-13)30-2/h4-5,10H,3,6-9,11H2,1-2H3. The molecule has 0 N–H and O–H groups in total. The number of benzene rings is 1. The summed E-state index contributed by atoms with van der Waals surface area (Å²) < 4.78 is 45.2. The van der Waals surface area contributed by atoms with Crippen LogP contribution in [0.5, 0.6) is 5.75 Å². The summed E-state index contributed by atoms with van der Waals surface area (Å²) in [5, 5.41) is 3.54. The Bertz CT molecular complexity index is 933. The molecule has 1 aliphatic heterocycles. The molecule has 0 atom stereocenters. The predicted octanol–water partition coefficient (Wildman–Crippen LogP) is 4.26. The fourth-order valence-electron chi connectivity index (χ4n) is 3.36. The number of alkyl halides is 3. The topological polar surface area (TPSA) is 50.6 Å². The highest BCUT2D eigenvalue weighted by Gasteiger charge is 2.38. The maximum absolute atomic E-state index is 13.0. The molecule has 1 aliphatic rings. The minimum atomic E-state index is -4.67. The van der Waals surface area contributed by atoms with Gasteiger partial charge >= 0.3 is 6.18 Å². The molecule has 1 aromatic carbocycles. The largest absolute Gasteiger partial charge is 0.495 e. The van der Waals surface area contributed by atoms with Gasteiger partial charge in [0, 0.05) is 37.9 Å². The number of methoxy groups -OCH3 is 1. The maximum Gasteiger partial charge on any atom is 0.436 e. The lowest BCUT2D eigenvalue weighted by atomic mass is 10.2. The number of carbonyl (C=O) groups excluding carboxylic acids is 1. The van der Waals surface area contributed by atoms with E-state index in [9.17, 15) is 18.0 Å². The third-order valence-electron chi connectivity index (χ3n) is 5.04. The third-order valence-corrected chi connectivity index (χ3v) is 5.80. The van der Waals surface area contributed by atoms with Gasteiger partial charge in [0.15, 0.2) is 5.69 Å². The summed E-state index contributed by atoms with van der Waals surface area (Å²) in [6.45, 7) is 3.35. The van der Waals surface area contributed by atoms with Crippen molar-refractivity contribution in [1.29, 1.82) is 0 Å². The normalized spacial score (nSPS) is 15.3. The van der Waals surface area contributed by atoms with E-state index in [1.54, 1.807) is 18.1 Å². The number of rotatable bonds is 4. The van der Waals surface area contributed by atoms with Crippen LogP contribution in [0.15, 0.2) is 18.2 Å². The van der Waals surface area contributed by atoms with Crippen molar-refractivity contribution in [3.05, 3.63) is 39.6 Å². The predicted molar refractivity (Wildman–Crippen MR) is 108 cm³/mol. The molecule has 30 heavy (non-hydrogen) atoms. The third kappa shape index (κ3) is 4.78. The van der Waals surface area contributed by atoms with E-state index in [1.165, 1.54) is 6.92 Å². The first-order valence-electron chi connectivity index (χ1n) is 9.28. The van der Waals surface area contributed by atoms with E-state index in [1.807, 2.05) is 12.1 Å². The Kier molecular flexibility index (Phi) is 6.71. The monoisotopic (exact) mass is 464 g/mol. The molecule has 1 aromatic heterocycles. The van der Waals surface area contributed by atoms with Crippen LogP contribution in [0.4, 0.5) is 18.9 Å². The summed E-state index contributed by atoms with van der Waals surface area (Å²) in [5.74, 6) is 0.263. The lowest BCUT2D eigenvalue weighted by molar-refractivity contribution is -0.142. The van der Waals surface area contributed by atoms with E-state index >= 15 is 0 Å². The van der Waals surface area contributed by atoms with Crippen molar-refractivity contribution in [2.75, 3.05) is 38.2 Å². The Morgan fingerprint density at radius 1 is 1.20 bits per heavy atom. The average Bonchev–Trinajstić information content (AvgIpc) is 2.88. The van der Waals surface area contributed by atoms with Gasteiger partial charge in [-0.25, -0.2) is 0 Å². The Labute approximate surface area is 182 Å². The van der Waals surface area contributed by atoms with Gasteiger partial charge in [0.1, 0.15) is 12.3 Å². The molecule has 3 rings (SSSR count). The molecule has 0 radical (unpaired) electrons. The fraction of sp³-hybridized carbons (Fsp3) is 0.474. The molecule has 0 bridgehead atoms. The molecule has 0 spiro atoms.